The number of carbonyl (C=O) groups excluding carboxylic acids is 2. The Morgan fingerprint density at radius 3 is 2.59 bits per heavy atom. The second kappa shape index (κ2) is 10.5. The maximum absolute atomic E-state index is 13.3. The van der Waals surface area contributed by atoms with E-state index < -0.39 is 29.2 Å². The molecule has 2 N–H and O–H groups in total. The summed E-state index contributed by atoms with van der Waals surface area (Å²) in [6.45, 7) is 2.10. The molecule has 34 heavy (non-hydrogen) atoms. The highest BCUT2D eigenvalue weighted by Gasteiger charge is 2.38. The van der Waals surface area contributed by atoms with Crippen LogP contribution < -0.4 is 15.0 Å². The lowest BCUT2D eigenvalue weighted by Gasteiger charge is -2.23. The van der Waals surface area contributed by atoms with Crippen molar-refractivity contribution in [1.29, 1.82) is 5.26 Å². The molecule has 0 spiro atoms. The summed E-state index contributed by atoms with van der Waals surface area (Å²) >= 11 is 0. The maximum Gasteiger partial charge on any atom is 0.433 e. The SMILES string of the molecule is CCOc1ccc(C(=O)NCCN(C(=O)c2cn[nH]c2C(F)(F)F)c2cccc(C#N)c2)cc1. The molecule has 1 aromatic heterocycles. The number of ether oxygens (including phenoxy) is 1. The predicted octanol–water partition coefficient (Wildman–Crippen LogP) is 3.78. The summed E-state index contributed by atoms with van der Waals surface area (Å²) in [6, 6.07) is 14.2. The molecule has 1 heterocycles. The molecule has 0 bridgehead atoms. The third-order valence-electron chi connectivity index (χ3n) is 4.73. The molecule has 0 fully saturated rings. The first-order valence-electron chi connectivity index (χ1n) is 10.2. The van der Waals surface area contributed by atoms with Crippen molar-refractivity contribution in [3.8, 4) is 11.8 Å². The number of H-pyrrole nitrogens is 1. The number of aromatic nitrogens is 2. The van der Waals surface area contributed by atoms with Gasteiger partial charge in [-0.05, 0) is 49.4 Å². The van der Waals surface area contributed by atoms with E-state index >= 15 is 0 Å². The second-order valence-electron chi connectivity index (χ2n) is 6.99. The zero-order chi connectivity index (χ0) is 24.7. The number of halogens is 3. The summed E-state index contributed by atoms with van der Waals surface area (Å²) in [7, 11) is 0. The van der Waals surface area contributed by atoms with Crippen LogP contribution >= 0.6 is 0 Å². The largest absolute Gasteiger partial charge is 0.494 e. The van der Waals surface area contributed by atoms with Gasteiger partial charge in [0.15, 0.2) is 5.69 Å². The summed E-state index contributed by atoms with van der Waals surface area (Å²) in [6.07, 6.45) is -4.02. The van der Waals surface area contributed by atoms with Gasteiger partial charge in [0, 0.05) is 24.3 Å². The zero-order valence-electron chi connectivity index (χ0n) is 18.0. The third-order valence-corrected chi connectivity index (χ3v) is 4.73. The molecule has 3 aromatic rings. The van der Waals surface area contributed by atoms with Gasteiger partial charge in [-0.3, -0.25) is 14.7 Å². The molecule has 0 saturated carbocycles. The first-order valence-corrected chi connectivity index (χ1v) is 10.2. The molecule has 0 aliphatic heterocycles. The van der Waals surface area contributed by atoms with E-state index in [4.69, 9.17) is 10.00 Å². The van der Waals surface area contributed by atoms with E-state index in [1.165, 1.54) is 24.3 Å². The smallest absolute Gasteiger partial charge is 0.433 e. The van der Waals surface area contributed by atoms with Gasteiger partial charge < -0.3 is 15.0 Å². The van der Waals surface area contributed by atoms with Gasteiger partial charge in [-0.25, -0.2) is 0 Å². The number of carbonyl (C=O) groups is 2. The molecular formula is C23H20F3N5O3. The van der Waals surface area contributed by atoms with E-state index in [2.05, 4.69) is 10.4 Å². The van der Waals surface area contributed by atoms with Crippen LogP contribution in [-0.2, 0) is 6.18 Å². The second-order valence-corrected chi connectivity index (χ2v) is 6.99. The van der Waals surface area contributed by atoms with Gasteiger partial charge in [-0.15, -0.1) is 0 Å². The van der Waals surface area contributed by atoms with Crippen LogP contribution in [0.5, 0.6) is 5.75 Å². The molecule has 0 atom stereocenters. The van der Waals surface area contributed by atoms with E-state index in [0.29, 0.717) is 17.9 Å². The topological polar surface area (TPSA) is 111 Å². The minimum absolute atomic E-state index is 0.0617. The third kappa shape index (κ3) is 5.72. The number of rotatable bonds is 8. The molecule has 0 saturated heterocycles. The highest BCUT2D eigenvalue weighted by atomic mass is 19.4. The Labute approximate surface area is 192 Å². The molecule has 0 aliphatic rings. The van der Waals surface area contributed by atoms with E-state index in [1.807, 2.05) is 18.1 Å². The van der Waals surface area contributed by atoms with E-state index in [1.54, 1.807) is 24.3 Å². The summed E-state index contributed by atoms with van der Waals surface area (Å²) < 4.78 is 45.2. The molecule has 11 heteroatoms. The van der Waals surface area contributed by atoms with Crippen LogP contribution in [0, 0.1) is 11.3 Å². The Hall–Kier alpha value is -4.33. The lowest BCUT2D eigenvalue weighted by atomic mass is 10.1. The number of aromatic amines is 1. The molecule has 0 aliphatic carbocycles. The van der Waals surface area contributed by atoms with Crippen molar-refractivity contribution in [2.24, 2.45) is 0 Å². The Kier molecular flexibility index (Phi) is 7.53. The molecular weight excluding hydrogens is 451 g/mol. The van der Waals surface area contributed by atoms with Crippen LogP contribution in [0.3, 0.4) is 0 Å². The molecule has 176 valence electrons. The highest BCUT2D eigenvalue weighted by Crippen LogP contribution is 2.31. The predicted molar refractivity (Wildman–Crippen MR) is 116 cm³/mol. The zero-order valence-corrected chi connectivity index (χ0v) is 18.0. The quantitative estimate of drug-likeness (QED) is 0.520. The Morgan fingerprint density at radius 2 is 1.94 bits per heavy atom. The number of amides is 2. The molecule has 2 amide bonds. The molecule has 8 nitrogen and oxygen atoms in total. The number of nitriles is 1. The fourth-order valence-corrected chi connectivity index (χ4v) is 3.15. The Balaban J connectivity index is 1.79. The standard InChI is InChI=1S/C23H20F3N5O3/c1-2-34-18-8-6-16(7-9-18)21(32)28-10-11-31(17-5-3-4-15(12-17)13-27)22(33)19-14-29-30-20(19)23(24,25)26/h3-9,12,14H,2,10-11H2,1H3,(H,28,32)(H,29,30). The maximum atomic E-state index is 13.3. The van der Waals surface area contributed by atoms with E-state index in [-0.39, 0.29) is 24.3 Å². The van der Waals surface area contributed by atoms with Gasteiger partial charge in [-0.2, -0.15) is 23.5 Å². The Morgan fingerprint density at radius 1 is 1.21 bits per heavy atom. The number of hydrogen-bond acceptors (Lipinski definition) is 5. The van der Waals surface area contributed by atoms with Gasteiger partial charge in [0.05, 0.1) is 30.0 Å². The Bertz CT molecular complexity index is 1200. The average molecular weight is 471 g/mol. The van der Waals surface area contributed by atoms with Crippen molar-refractivity contribution in [2.45, 2.75) is 13.1 Å². The normalized spacial score (nSPS) is 10.9. The lowest BCUT2D eigenvalue weighted by Crippen LogP contribution is -2.39. The highest BCUT2D eigenvalue weighted by molar-refractivity contribution is 6.07. The summed E-state index contributed by atoms with van der Waals surface area (Å²) in [4.78, 5) is 26.6. The molecule has 0 unspecified atom stereocenters. The minimum Gasteiger partial charge on any atom is -0.494 e. The molecule has 3 rings (SSSR count). The number of hydrogen-bond donors (Lipinski definition) is 2. The van der Waals surface area contributed by atoms with Crippen molar-refractivity contribution in [1.82, 2.24) is 15.5 Å². The number of anilines is 1. The average Bonchev–Trinajstić information content (AvgIpc) is 3.33. The minimum atomic E-state index is -4.82. The fraction of sp³-hybridized carbons (Fsp3) is 0.217. The van der Waals surface area contributed by atoms with Crippen LogP contribution in [0.1, 0.15) is 38.9 Å². The fourth-order valence-electron chi connectivity index (χ4n) is 3.15. The van der Waals surface area contributed by atoms with Crippen LogP contribution in [-0.4, -0.2) is 41.7 Å². The number of nitrogens with zero attached hydrogens (tertiary/aromatic N) is 3. The molecule has 0 radical (unpaired) electrons. The van der Waals surface area contributed by atoms with Crippen molar-refractivity contribution in [2.75, 3.05) is 24.6 Å². The number of benzene rings is 2. The van der Waals surface area contributed by atoms with Crippen LogP contribution in [0.25, 0.3) is 0 Å². The number of nitrogens with one attached hydrogen (secondary N) is 2. The van der Waals surface area contributed by atoms with Crippen molar-refractivity contribution in [3.63, 3.8) is 0 Å². The molecule has 2 aromatic carbocycles. The first kappa shape index (κ1) is 24.3. The first-order chi connectivity index (χ1) is 16.2. The van der Waals surface area contributed by atoms with Gasteiger partial charge >= 0.3 is 6.18 Å². The van der Waals surface area contributed by atoms with E-state index in [9.17, 15) is 22.8 Å². The monoisotopic (exact) mass is 471 g/mol. The van der Waals surface area contributed by atoms with Crippen LogP contribution in [0.4, 0.5) is 18.9 Å². The lowest BCUT2D eigenvalue weighted by molar-refractivity contribution is -0.141. The van der Waals surface area contributed by atoms with Crippen molar-refractivity contribution < 1.29 is 27.5 Å². The summed E-state index contributed by atoms with van der Waals surface area (Å²) in [5.41, 5.74) is -1.18. The van der Waals surface area contributed by atoms with Gasteiger partial charge in [0.25, 0.3) is 11.8 Å². The van der Waals surface area contributed by atoms with Crippen molar-refractivity contribution >= 4 is 17.5 Å². The van der Waals surface area contributed by atoms with Gasteiger partial charge in [0.1, 0.15) is 5.75 Å². The van der Waals surface area contributed by atoms with Crippen LogP contribution in [0.15, 0.2) is 54.7 Å². The van der Waals surface area contributed by atoms with Gasteiger partial charge in [0.2, 0.25) is 0 Å². The summed E-state index contributed by atoms with van der Waals surface area (Å²) in [5.74, 6) is -0.805. The van der Waals surface area contributed by atoms with Crippen molar-refractivity contribution in [3.05, 3.63) is 77.1 Å². The van der Waals surface area contributed by atoms with E-state index in [0.717, 1.165) is 11.1 Å². The van der Waals surface area contributed by atoms with Crippen LogP contribution in [0.2, 0.25) is 0 Å². The summed E-state index contributed by atoms with van der Waals surface area (Å²) in [5, 5.41) is 17.0. The van der Waals surface area contributed by atoms with Gasteiger partial charge in [-0.1, -0.05) is 6.07 Å². The number of alkyl halides is 3.